The predicted octanol–water partition coefficient (Wildman–Crippen LogP) is 4.30. The minimum absolute atomic E-state index is 0.100. The third-order valence-electron chi connectivity index (χ3n) is 3.91. The van der Waals surface area contributed by atoms with Gasteiger partial charge in [-0.25, -0.2) is 8.42 Å². The van der Waals surface area contributed by atoms with Gasteiger partial charge in [-0.1, -0.05) is 72.8 Å². The molecule has 0 heterocycles. The highest BCUT2D eigenvalue weighted by Crippen LogP contribution is 2.25. The van der Waals surface area contributed by atoms with Crippen molar-refractivity contribution in [3.63, 3.8) is 0 Å². The van der Waals surface area contributed by atoms with E-state index in [1.807, 2.05) is 36.4 Å². The standard InChI is InChI=1S/C21H19NO2S/c1-25(23,24)20-14-12-17(13-15-20)16-22-21(18-8-4-2-5-9-18)19-10-6-3-7-11-19/h2-16,21H,1H3. The lowest BCUT2D eigenvalue weighted by Crippen LogP contribution is -1.99. The van der Waals surface area contributed by atoms with E-state index in [1.165, 1.54) is 6.26 Å². The van der Waals surface area contributed by atoms with Crippen LogP contribution in [0.2, 0.25) is 0 Å². The molecule has 0 amide bonds. The highest BCUT2D eigenvalue weighted by Gasteiger charge is 2.11. The summed E-state index contributed by atoms with van der Waals surface area (Å²) in [5, 5.41) is 0. The molecule has 0 saturated heterocycles. The summed E-state index contributed by atoms with van der Waals surface area (Å²) in [7, 11) is -3.18. The Morgan fingerprint density at radius 3 is 1.68 bits per heavy atom. The first kappa shape index (κ1) is 17.1. The van der Waals surface area contributed by atoms with Crippen molar-refractivity contribution in [1.82, 2.24) is 0 Å². The summed E-state index contributed by atoms with van der Waals surface area (Å²) in [5.74, 6) is 0. The molecular formula is C21H19NO2S. The number of sulfone groups is 1. The first-order chi connectivity index (χ1) is 12.0. The molecule has 0 bridgehead atoms. The van der Waals surface area contributed by atoms with Crippen LogP contribution in [-0.4, -0.2) is 20.9 Å². The summed E-state index contributed by atoms with van der Waals surface area (Å²) in [4.78, 5) is 5.06. The number of rotatable bonds is 5. The van der Waals surface area contributed by atoms with Gasteiger partial charge in [-0.15, -0.1) is 0 Å². The van der Waals surface area contributed by atoms with Gasteiger partial charge in [0.15, 0.2) is 9.84 Å². The van der Waals surface area contributed by atoms with E-state index in [-0.39, 0.29) is 6.04 Å². The maximum Gasteiger partial charge on any atom is 0.175 e. The van der Waals surface area contributed by atoms with Gasteiger partial charge in [0.05, 0.1) is 10.9 Å². The Morgan fingerprint density at radius 2 is 1.24 bits per heavy atom. The Kier molecular flexibility index (Phi) is 5.10. The number of aliphatic imine (C=N–C) groups is 1. The molecule has 3 nitrogen and oxygen atoms in total. The molecule has 0 saturated carbocycles. The molecule has 0 fully saturated rings. The summed E-state index contributed by atoms with van der Waals surface area (Å²) >= 11 is 0. The number of hydrogen-bond donors (Lipinski definition) is 0. The fourth-order valence-corrected chi connectivity index (χ4v) is 3.23. The molecule has 0 aromatic heterocycles. The van der Waals surface area contributed by atoms with Gasteiger partial charge >= 0.3 is 0 Å². The molecule has 3 aromatic rings. The quantitative estimate of drug-likeness (QED) is 0.645. The molecule has 0 N–H and O–H groups in total. The van der Waals surface area contributed by atoms with Gasteiger partial charge < -0.3 is 0 Å². The van der Waals surface area contributed by atoms with Gasteiger partial charge in [0, 0.05) is 12.5 Å². The first-order valence-corrected chi connectivity index (χ1v) is 9.86. The highest BCUT2D eigenvalue weighted by atomic mass is 32.2. The van der Waals surface area contributed by atoms with Crippen LogP contribution in [0.1, 0.15) is 22.7 Å². The molecule has 3 rings (SSSR count). The van der Waals surface area contributed by atoms with Crippen molar-refractivity contribution < 1.29 is 8.42 Å². The van der Waals surface area contributed by atoms with Crippen molar-refractivity contribution >= 4 is 16.1 Å². The van der Waals surface area contributed by atoms with Gasteiger partial charge in [-0.3, -0.25) is 4.99 Å². The summed E-state index contributed by atoms with van der Waals surface area (Å²) in [6, 6.07) is 26.9. The zero-order valence-corrected chi connectivity index (χ0v) is 14.7. The van der Waals surface area contributed by atoms with Crippen LogP contribution in [0.3, 0.4) is 0 Å². The Hall–Kier alpha value is -2.72. The van der Waals surface area contributed by atoms with Crippen LogP contribution in [0.15, 0.2) is 94.8 Å². The van der Waals surface area contributed by atoms with Crippen LogP contribution in [-0.2, 0) is 9.84 Å². The smallest absolute Gasteiger partial charge is 0.175 e. The van der Waals surface area contributed by atoms with Crippen LogP contribution in [0.4, 0.5) is 0 Å². The second kappa shape index (κ2) is 7.45. The number of hydrogen-bond acceptors (Lipinski definition) is 3. The summed E-state index contributed by atoms with van der Waals surface area (Å²) in [6.07, 6.45) is 2.99. The van der Waals surface area contributed by atoms with Crippen molar-refractivity contribution in [2.24, 2.45) is 4.99 Å². The zero-order valence-electron chi connectivity index (χ0n) is 13.9. The lowest BCUT2D eigenvalue weighted by Gasteiger charge is -2.13. The van der Waals surface area contributed by atoms with Crippen LogP contribution in [0, 0.1) is 0 Å². The fourth-order valence-electron chi connectivity index (χ4n) is 2.60. The molecule has 25 heavy (non-hydrogen) atoms. The van der Waals surface area contributed by atoms with Gasteiger partial charge in [-0.05, 0) is 28.8 Å². The van der Waals surface area contributed by atoms with E-state index in [2.05, 4.69) is 24.3 Å². The Balaban J connectivity index is 1.92. The van der Waals surface area contributed by atoms with Crippen molar-refractivity contribution in [2.75, 3.05) is 6.26 Å². The van der Waals surface area contributed by atoms with E-state index < -0.39 is 9.84 Å². The van der Waals surface area contributed by atoms with Crippen LogP contribution in [0.5, 0.6) is 0 Å². The molecule has 3 aromatic carbocycles. The lowest BCUT2D eigenvalue weighted by atomic mass is 9.99. The SMILES string of the molecule is CS(=O)(=O)c1ccc(C=NC(c2ccccc2)c2ccccc2)cc1. The molecular weight excluding hydrogens is 330 g/mol. The van der Waals surface area contributed by atoms with Gasteiger partial charge in [0.1, 0.15) is 0 Å². The van der Waals surface area contributed by atoms with Gasteiger partial charge in [0.25, 0.3) is 0 Å². The second-order valence-corrected chi connectivity index (χ2v) is 7.86. The molecule has 126 valence electrons. The first-order valence-electron chi connectivity index (χ1n) is 7.97. The van der Waals surface area contributed by atoms with Crippen molar-refractivity contribution in [2.45, 2.75) is 10.9 Å². The average Bonchev–Trinajstić information content (AvgIpc) is 2.63. The molecule has 0 spiro atoms. The molecule has 0 aliphatic carbocycles. The molecule has 0 atom stereocenters. The average molecular weight is 349 g/mol. The zero-order chi connectivity index (χ0) is 17.7. The van der Waals surface area contributed by atoms with E-state index in [4.69, 9.17) is 4.99 Å². The monoisotopic (exact) mass is 349 g/mol. The third kappa shape index (κ3) is 4.43. The highest BCUT2D eigenvalue weighted by molar-refractivity contribution is 7.90. The maximum atomic E-state index is 11.5. The van der Waals surface area contributed by atoms with Crippen LogP contribution in [0.25, 0.3) is 0 Å². The lowest BCUT2D eigenvalue weighted by molar-refractivity contribution is 0.602. The molecule has 0 unspecified atom stereocenters. The summed E-state index contributed by atoms with van der Waals surface area (Å²) in [6.45, 7) is 0. The largest absolute Gasteiger partial charge is 0.280 e. The molecule has 4 heteroatoms. The van der Waals surface area contributed by atoms with E-state index in [1.54, 1.807) is 30.5 Å². The molecule has 0 radical (unpaired) electrons. The van der Waals surface area contributed by atoms with Gasteiger partial charge in [-0.2, -0.15) is 0 Å². The second-order valence-electron chi connectivity index (χ2n) is 5.84. The third-order valence-corrected chi connectivity index (χ3v) is 5.04. The van der Waals surface area contributed by atoms with E-state index >= 15 is 0 Å². The Labute approximate surface area is 148 Å². The number of nitrogens with zero attached hydrogens (tertiary/aromatic N) is 1. The van der Waals surface area contributed by atoms with E-state index in [0.717, 1.165) is 16.7 Å². The van der Waals surface area contributed by atoms with Crippen molar-refractivity contribution in [3.8, 4) is 0 Å². The van der Waals surface area contributed by atoms with Gasteiger partial charge in [0.2, 0.25) is 0 Å². The Morgan fingerprint density at radius 1 is 0.760 bits per heavy atom. The summed E-state index contributed by atoms with van der Waals surface area (Å²) < 4.78 is 23.1. The van der Waals surface area contributed by atoms with Crippen molar-refractivity contribution in [1.29, 1.82) is 0 Å². The van der Waals surface area contributed by atoms with Crippen LogP contribution >= 0.6 is 0 Å². The minimum Gasteiger partial charge on any atom is -0.280 e. The normalized spacial score (nSPS) is 11.9. The maximum absolute atomic E-state index is 11.5. The number of benzene rings is 3. The van der Waals surface area contributed by atoms with E-state index in [9.17, 15) is 8.42 Å². The Bertz CT molecular complexity index is 908. The van der Waals surface area contributed by atoms with Crippen molar-refractivity contribution in [3.05, 3.63) is 102 Å². The summed E-state index contributed by atoms with van der Waals surface area (Å²) in [5.41, 5.74) is 3.08. The molecule has 0 aliphatic rings. The minimum atomic E-state index is -3.18. The fraction of sp³-hybridized carbons (Fsp3) is 0.0952. The predicted molar refractivity (Wildman–Crippen MR) is 102 cm³/mol. The topological polar surface area (TPSA) is 46.5 Å². The van der Waals surface area contributed by atoms with Crippen LogP contribution < -0.4 is 0 Å². The van der Waals surface area contributed by atoms with E-state index in [0.29, 0.717) is 4.90 Å². The molecule has 0 aliphatic heterocycles.